The third-order valence-corrected chi connectivity index (χ3v) is 8.73. The molecular weight excluding hydrogens is 520 g/mol. The van der Waals surface area contributed by atoms with Crippen molar-refractivity contribution >= 4 is 38.6 Å². The number of carbonyl (C=O) groups excluding carboxylic acids is 1. The summed E-state index contributed by atoms with van der Waals surface area (Å²) in [6.07, 6.45) is 0.818. The number of hydrogen-bond acceptors (Lipinski definition) is 7. The number of ether oxygens (including phenoxy) is 2. The van der Waals surface area contributed by atoms with Gasteiger partial charge >= 0.3 is 5.97 Å². The Bertz CT molecular complexity index is 1480. The molecule has 1 aromatic heterocycles. The van der Waals surface area contributed by atoms with E-state index >= 15 is 0 Å². The Labute approximate surface area is 228 Å². The zero-order chi connectivity index (χ0) is 27.0. The molecule has 0 aliphatic carbocycles. The molecule has 0 spiro atoms. The van der Waals surface area contributed by atoms with Crippen LogP contribution in [0.3, 0.4) is 0 Å². The fourth-order valence-corrected chi connectivity index (χ4v) is 6.65. The first-order valence-electron chi connectivity index (χ1n) is 12.7. The summed E-state index contributed by atoms with van der Waals surface area (Å²) in [7, 11) is -3.47. The van der Waals surface area contributed by atoms with E-state index in [0.29, 0.717) is 42.6 Å². The summed E-state index contributed by atoms with van der Waals surface area (Å²) in [6, 6.07) is 21.6. The van der Waals surface area contributed by atoms with E-state index < -0.39 is 9.84 Å². The predicted octanol–water partition coefficient (Wildman–Crippen LogP) is 5.91. The van der Waals surface area contributed by atoms with Gasteiger partial charge < -0.3 is 14.0 Å². The van der Waals surface area contributed by atoms with Gasteiger partial charge in [-0.2, -0.15) is 0 Å². The van der Waals surface area contributed by atoms with Crippen molar-refractivity contribution in [2.24, 2.45) is 0 Å². The van der Waals surface area contributed by atoms with Gasteiger partial charge in [-0.1, -0.05) is 54.2 Å². The lowest BCUT2D eigenvalue weighted by atomic mass is 10.1. The van der Waals surface area contributed by atoms with Gasteiger partial charge in [-0.25, -0.2) is 18.2 Å². The number of sulfone groups is 1. The third kappa shape index (κ3) is 6.83. The number of nitrogens with zero attached hydrogens (tertiary/aromatic N) is 2. The Morgan fingerprint density at radius 2 is 1.68 bits per heavy atom. The zero-order valence-corrected chi connectivity index (χ0v) is 23.3. The van der Waals surface area contributed by atoms with Gasteiger partial charge in [-0.3, -0.25) is 0 Å². The SMILES string of the molecule is CCOCCCn1c(SCc2ccccc2CS(=O)(=O)c2ccccc2)nc2cc(C(=O)OCC)ccc21. The van der Waals surface area contributed by atoms with Gasteiger partial charge in [0.1, 0.15) is 0 Å². The highest BCUT2D eigenvalue weighted by Crippen LogP contribution is 2.30. The number of fused-ring (bicyclic) bond motifs is 1. The molecule has 0 unspecified atom stereocenters. The van der Waals surface area contributed by atoms with Crippen molar-refractivity contribution in [1.29, 1.82) is 0 Å². The molecule has 4 rings (SSSR count). The van der Waals surface area contributed by atoms with Crippen LogP contribution in [0, 0.1) is 0 Å². The molecule has 7 nitrogen and oxygen atoms in total. The molecule has 200 valence electrons. The minimum atomic E-state index is -3.47. The highest BCUT2D eigenvalue weighted by Gasteiger charge is 2.19. The van der Waals surface area contributed by atoms with Crippen LogP contribution in [0.5, 0.6) is 0 Å². The van der Waals surface area contributed by atoms with Gasteiger partial charge in [0, 0.05) is 25.5 Å². The maximum absolute atomic E-state index is 13.0. The van der Waals surface area contributed by atoms with Crippen LogP contribution in [-0.2, 0) is 37.4 Å². The molecule has 0 saturated heterocycles. The summed E-state index contributed by atoms with van der Waals surface area (Å²) in [5.41, 5.74) is 3.82. The van der Waals surface area contributed by atoms with Crippen molar-refractivity contribution in [3.8, 4) is 0 Å². The molecule has 0 radical (unpaired) electrons. The number of esters is 1. The first-order chi connectivity index (χ1) is 18.4. The normalized spacial score (nSPS) is 11.6. The number of benzene rings is 3. The predicted molar refractivity (Wildman–Crippen MR) is 150 cm³/mol. The molecule has 0 saturated carbocycles. The topological polar surface area (TPSA) is 87.5 Å². The molecule has 0 bridgehead atoms. The van der Waals surface area contributed by atoms with Crippen LogP contribution in [0.1, 0.15) is 41.8 Å². The fourth-order valence-electron chi connectivity index (χ4n) is 4.14. The Balaban J connectivity index is 1.59. The number of rotatable bonds is 13. The van der Waals surface area contributed by atoms with Crippen molar-refractivity contribution in [2.75, 3.05) is 19.8 Å². The van der Waals surface area contributed by atoms with Gasteiger partial charge in [-0.05, 0) is 61.7 Å². The van der Waals surface area contributed by atoms with Crippen molar-refractivity contribution in [2.45, 2.75) is 48.4 Å². The summed E-state index contributed by atoms with van der Waals surface area (Å²) in [4.78, 5) is 17.4. The van der Waals surface area contributed by atoms with E-state index in [1.54, 1.807) is 61.2 Å². The minimum absolute atomic E-state index is 0.0680. The maximum Gasteiger partial charge on any atom is 0.338 e. The minimum Gasteiger partial charge on any atom is -0.462 e. The summed E-state index contributed by atoms with van der Waals surface area (Å²) in [6.45, 7) is 6.07. The average Bonchev–Trinajstić information content (AvgIpc) is 3.27. The first-order valence-corrected chi connectivity index (χ1v) is 15.3. The number of imidazole rings is 1. The lowest BCUT2D eigenvalue weighted by molar-refractivity contribution is 0.0526. The molecule has 0 aliphatic heterocycles. The van der Waals surface area contributed by atoms with E-state index in [1.165, 1.54) is 0 Å². The number of aromatic nitrogens is 2. The van der Waals surface area contributed by atoms with Crippen LogP contribution in [0.2, 0.25) is 0 Å². The molecule has 1 heterocycles. The third-order valence-electron chi connectivity index (χ3n) is 6.02. The molecule has 4 aromatic rings. The molecule has 0 aliphatic rings. The van der Waals surface area contributed by atoms with Gasteiger partial charge in [0.05, 0.1) is 33.9 Å². The molecule has 0 atom stereocenters. The number of hydrogen-bond donors (Lipinski definition) is 0. The van der Waals surface area contributed by atoms with Gasteiger partial charge in [0.15, 0.2) is 15.0 Å². The number of carbonyl (C=O) groups is 1. The monoisotopic (exact) mass is 552 g/mol. The summed E-state index contributed by atoms with van der Waals surface area (Å²) < 4.78 is 38.9. The lowest BCUT2D eigenvalue weighted by Crippen LogP contribution is -2.07. The quantitative estimate of drug-likeness (QED) is 0.116. The largest absolute Gasteiger partial charge is 0.462 e. The van der Waals surface area contributed by atoms with Crippen molar-refractivity contribution in [1.82, 2.24) is 9.55 Å². The summed E-state index contributed by atoms with van der Waals surface area (Å²) >= 11 is 1.55. The van der Waals surface area contributed by atoms with Crippen LogP contribution in [0.4, 0.5) is 0 Å². The maximum atomic E-state index is 13.0. The number of thioether (sulfide) groups is 1. The zero-order valence-electron chi connectivity index (χ0n) is 21.6. The Hall–Kier alpha value is -3.14. The molecule has 3 aromatic carbocycles. The molecule has 0 N–H and O–H groups in total. The Morgan fingerprint density at radius 1 is 0.947 bits per heavy atom. The molecule has 0 fully saturated rings. The first kappa shape index (κ1) is 27.9. The fraction of sp³-hybridized carbons (Fsp3) is 0.310. The summed E-state index contributed by atoms with van der Waals surface area (Å²) in [5, 5.41) is 0.804. The van der Waals surface area contributed by atoms with Crippen LogP contribution in [0.15, 0.2) is 82.8 Å². The molecule has 0 amide bonds. The average molecular weight is 553 g/mol. The highest BCUT2D eigenvalue weighted by atomic mass is 32.2. The van der Waals surface area contributed by atoms with Crippen LogP contribution in [0.25, 0.3) is 11.0 Å². The second-order valence-electron chi connectivity index (χ2n) is 8.65. The Morgan fingerprint density at radius 3 is 2.42 bits per heavy atom. The van der Waals surface area contributed by atoms with Crippen LogP contribution in [-0.4, -0.2) is 43.8 Å². The van der Waals surface area contributed by atoms with Crippen LogP contribution < -0.4 is 0 Å². The van der Waals surface area contributed by atoms with Gasteiger partial charge in [-0.15, -0.1) is 0 Å². The lowest BCUT2D eigenvalue weighted by Gasteiger charge is -2.12. The van der Waals surface area contributed by atoms with E-state index in [4.69, 9.17) is 14.5 Å². The van der Waals surface area contributed by atoms with E-state index in [9.17, 15) is 13.2 Å². The van der Waals surface area contributed by atoms with Crippen molar-refractivity contribution in [3.05, 3.63) is 89.5 Å². The molecular formula is C29H32N2O5S2. The smallest absolute Gasteiger partial charge is 0.338 e. The van der Waals surface area contributed by atoms with E-state index in [0.717, 1.165) is 33.7 Å². The molecule has 9 heteroatoms. The van der Waals surface area contributed by atoms with Crippen molar-refractivity contribution in [3.63, 3.8) is 0 Å². The second-order valence-corrected chi connectivity index (χ2v) is 11.6. The van der Waals surface area contributed by atoms with E-state index in [2.05, 4.69) is 4.57 Å². The van der Waals surface area contributed by atoms with Crippen molar-refractivity contribution < 1.29 is 22.7 Å². The Kier molecular flexibility index (Phi) is 9.60. The molecule has 38 heavy (non-hydrogen) atoms. The van der Waals surface area contributed by atoms with Gasteiger partial charge in [0.2, 0.25) is 0 Å². The number of aryl methyl sites for hydroxylation is 1. The summed E-state index contributed by atoms with van der Waals surface area (Å²) in [5.74, 6) is 0.115. The highest BCUT2D eigenvalue weighted by molar-refractivity contribution is 7.98. The van der Waals surface area contributed by atoms with Crippen LogP contribution >= 0.6 is 11.8 Å². The van der Waals surface area contributed by atoms with Gasteiger partial charge in [0.25, 0.3) is 0 Å². The standard InChI is InChI=1S/C29H32N2O5S2/c1-3-35-18-10-17-31-27-16-15-22(28(32)36-4-2)19-26(27)30-29(31)37-20-23-11-8-9-12-24(23)21-38(33,34)25-13-6-5-7-14-25/h5-9,11-16,19H,3-4,10,17-18,20-21H2,1-2H3. The van der Waals surface area contributed by atoms with E-state index in [1.807, 2.05) is 37.3 Å². The van der Waals surface area contributed by atoms with E-state index in [-0.39, 0.29) is 11.7 Å². The second kappa shape index (κ2) is 13.1.